The van der Waals surface area contributed by atoms with Crippen molar-refractivity contribution in [2.75, 3.05) is 5.32 Å². The molecule has 5 heteroatoms. The highest BCUT2D eigenvalue weighted by Crippen LogP contribution is 2.20. The Labute approximate surface area is 101 Å². The summed E-state index contributed by atoms with van der Waals surface area (Å²) in [6.45, 7) is 2.79. The molecule has 0 unspecified atom stereocenters. The fraction of sp³-hybridized carbons (Fsp3) is 0.200. The van der Waals surface area contributed by atoms with E-state index in [0.717, 1.165) is 22.4 Å². The number of nitrogens with zero attached hydrogens (tertiary/aromatic N) is 2. The van der Waals surface area contributed by atoms with Gasteiger partial charge in [0.25, 0.3) is 0 Å². The maximum Gasteiger partial charge on any atom is 0.0946 e. The summed E-state index contributed by atoms with van der Waals surface area (Å²) in [5, 5.41) is 9.21. The summed E-state index contributed by atoms with van der Waals surface area (Å²) in [5.74, 6) is 0. The Bertz CT molecular complexity index is 442. The van der Waals surface area contributed by atoms with E-state index in [0.29, 0.717) is 0 Å². The highest BCUT2D eigenvalue weighted by Gasteiger charge is 1.98. The van der Waals surface area contributed by atoms with Crippen molar-refractivity contribution in [3.05, 3.63) is 39.3 Å². The predicted molar refractivity (Wildman–Crippen MR) is 66.1 cm³/mol. The Hall–Kier alpha value is -0.940. The van der Waals surface area contributed by atoms with Crippen molar-refractivity contribution in [3.8, 4) is 0 Å². The summed E-state index contributed by atoms with van der Waals surface area (Å²) < 4.78 is 4.94. The molecule has 1 aromatic heterocycles. The molecule has 1 N–H and O–H groups in total. The van der Waals surface area contributed by atoms with Gasteiger partial charge in [0.2, 0.25) is 0 Å². The maximum atomic E-state index is 3.97. The molecule has 0 bridgehead atoms. The highest BCUT2D eigenvalue weighted by atomic mass is 79.9. The van der Waals surface area contributed by atoms with Crippen LogP contribution in [0.5, 0.6) is 0 Å². The molecule has 1 heterocycles. The number of hydrogen-bond donors (Lipinski definition) is 1. The van der Waals surface area contributed by atoms with E-state index in [1.165, 1.54) is 17.1 Å². The van der Waals surface area contributed by atoms with Crippen LogP contribution in [0.3, 0.4) is 0 Å². The Morgan fingerprint density at radius 1 is 1.47 bits per heavy atom. The smallest absolute Gasteiger partial charge is 0.0946 e. The van der Waals surface area contributed by atoms with Crippen LogP contribution in [-0.2, 0) is 6.54 Å². The third-order valence-electron chi connectivity index (χ3n) is 2.04. The lowest BCUT2D eigenvalue weighted by Crippen LogP contribution is -1.99. The van der Waals surface area contributed by atoms with E-state index in [4.69, 9.17) is 0 Å². The maximum absolute atomic E-state index is 3.97. The largest absolute Gasteiger partial charge is 0.379 e. The molecule has 3 nitrogen and oxygen atoms in total. The first-order chi connectivity index (χ1) is 7.25. The first-order valence-electron chi connectivity index (χ1n) is 4.51. The number of anilines is 1. The van der Waals surface area contributed by atoms with Gasteiger partial charge >= 0.3 is 0 Å². The molecule has 2 aromatic rings. The molecule has 78 valence electrons. The molecule has 15 heavy (non-hydrogen) atoms. The minimum Gasteiger partial charge on any atom is -0.379 e. The molecule has 0 radical (unpaired) electrons. The Kier molecular flexibility index (Phi) is 3.33. The lowest BCUT2D eigenvalue weighted by Gasteiger charge is -2.06. The molecule has 0 saturated carbocycles. The van der Waals surface area contributed by atoms with Crippen molar-refractivity contribution in [3.63, 3.8) is 0 Å². The van der Waals surface area contributed by atoms with E-state index >= 15 is 0 Å². The molecule has 0 spiro atoms. The van der Waals surface area contributed by atoms with Crippen LogP contribution in [0.2, 0.25) is 0 Å². The van der Waals surface area contributed by atoms with Crippen molar-refractivity contribution in [2.45, 2.75) is 13.5 Å². The lowest BCUT2D eigenvalue weighted by molar-refractivity contribution is 0.998. The standard InChI is InChI=1S/C10H10BrN3S/c1-7-4-8(2-3-10(7)11)12-5-9-6-15-14-13-9/h2-4,6,12H,5H2,1H3. The normalized spacial score (nSPS) is 10.3. The van der Waals surface area contributed by atoms with E-state index in [1.807, 2.05) is 17.5 Å². The van der Waals surface area contributed by atoms with Crippen LogP contribution in [0.15, 0.2) is 28.1 Å². The second-order valence-corrected chi connectivity index (χ2v) is 4.68. The van der Waals surface area contributed by atoms with E-state index in [-0.39, 0.29) is 0 Å². The van der Waals surface area contributed by atoms with Crippen molar-refractivity contribution < 1.29 is 0 Å². The van der Waals surface area contributed by atoms with Crippen LogP contribution in [0, 0.1) is 6.92 Å². The lowest BCUT2D eigenvalue weighted by atomic mass is 10.2. The number of hydrogen-bond acceptors (Lipinski definition) is 4. The van der Waals surface area contributed by atoms with Gasteiger partial charge in [0.1, 0.15) is 0 Å². The molecule has 1 aromatic carbocycles. The van der Waals surface area contributed by atoms with Gasteiger partial charge in [-0.3, -0.25) is 0 Å². The molecular formula is C10H10BrN3S. The highest BCUT2D eigenvalue weighted by molar-refractivity contribution is 9.10. The van der Waals surface area contributed by atoms with E-state index in [2.05, 4.69) is 43.8 Å². The van der Waals surface area contributed by atoms with Crippen LogP contribution in [0.1, 0.15) is 11.3 Å². The molecular weight excluding hydrogens is 274 g/mol. The van der Waals surface area contributed by atoms with Gasteiger partial charge in [0, 0.05) is 15.5 Å². The third kappa shape index (κ3) is 2.76. The molecule has 0 aliphatic carbocycles. The first-order valence-corrected chi connectivity index (χ1v) is 6.14. The Morgan fingerprint density at radius 3 is 3.00 bits per heavy atom. The monoisotopic (exact) mass is 283 g/mol. The average Bonchev–Trinajstić information content (AvgIpc) is 2.73. The summed E-state index contributed by atoms with van der Waals surface area (Å²) in [7, 11) is 0. The molecule has 2 rings (SSSR count). The zero-order valence-corrected chi connectivity index (χ0v) is 10.6. The van der Waals surface area contributed by atoms with Crippen molar-refractivity contribution in [1.82, 2.24) is 9.59 Å². The number of aromatic nitrogens is 2. The van der Waals surface area contributed by atoms with Gasteiger partial charge in [0.05, 0.1) is 12.2 Å². The summed E-state index contributed by atoms with van der Waals surface area (Å²) >= 11 is 4.84. The average molecular weight is 284 g/mol. The number of halogens is 1. The third-order valence-corrected chi connectivity index (χ3v) is 3.48. The zero-order valence-electron chi connectivity index (χ0n) is 8.20. The first kappa shape index (κ1) is 10.6. The predicted octanol–water partition coefficient (Wildman–Crippen LogP) is 3.22. The van der Waals surface area contributed by atoms with Crippen LogP contribution in [0.4, 0.5) is 5.69 Å². The van der Waals surface area contributed by atoms with Gasteiger partial charge in [-0.25, -0.2) is 0 Å². The topological polar surface area (TPSA) is 37.8 Å². The number of rotatable bonds is 3. The second kappa shape index (κ2) is 4.72. The number of aryl methyl sites for hydroxylation is 1. The Balaban J connectivity index is 2.02. The van der Waals surface area contributed by atoms with Gasteiger partial charge in [0.15, 0.2) is 0 Å². The summed E-state index contributed by atoms with van der Waals surface area (Å²) in [4.78, 5) is 0. The summed E-state index contributed by atoms with van der Waals surface area (Å²) in [6.07, 6.45) is 0. The van der Waals surface area contributed by atoms with Crippen molar-refractivity contribution >= 4 is 33.1 Å². The van der Waals surface area contributed by atoms with Crippen molar-refractivity contribution in [2.24, 2.45) is 0 Å². The van der Waals surface area contributed by atoms with Crippen molar-refractivity contribution in [1.29, 1.82) is 0 Å². The minimum atomic E-state index is 0.720. The van der Waals surface area contributed by atoms with Crippen LogP contribution < -0.4 is 5.32 Å². The molecule has 0 atom stereocenters. The zero-order chi connectivity index (χ0) is 10.7. The molecule has 0 aliphatic heterocycles. The second-order valence-electron chi connectivity index (χ2n) is 3.21. The fourth-order valence-corrected chi connectivity index (χ4v) is 1.91. The minimum absolute atomic E-state index is 0.720. The SMILES string of the molecule is Cc1cc(NCc2csnn2)ccc1Br. The molecule has 0 amide bonds. The van der Waals surface area contributed by atoms with E-state index in [1.54, 1.807) is 0 Å². The van der Waals surface area contributed by atoms with Gasteiger partial charge in [-0.15, -0.1) is 5.10 Å². The molecule has 0 aliphatic rings. The molecule has 0 fully saturated rings. The molecule has 0 saturated heterocycles. The fourth-order valence-electron chi connectivity index (χ4n) is 1.21. The Morgan fingerprint density at radius 2 is 2.33 bits per heavy atom. The summed E-state index contributed by atoms with van der Waals surface area (Å²) in [6, 6.07) is 6.18. The van der Waals surface area contributed by atoms with E-state index < -0.39 is 0 Å². The van der Waals surface area contributed by atoms with Crippen LogP contribution >= 0.6 is 27.5 Å². The quantitative estimate of drug-likeness (QED) is 0.940. The summed E-state index contributed by atoms with van der Waals surface area (Å²) in [5.41, 5.74) is 3.29. The van der Waals surface area contributed by atoms with Crippen LogP contribution in [-0.4, -0.2) is 9.59 Å². The van der Waals surface area contributed by atoms with E-state index in [9.17, 15) is 0 Å². The number of benzene rings is 1. The van der Waals surface area contributed by atoms with Gasteiger partial charge in [-0.05, 0) is 42.2 Å². The van der Waals surface area contributed by atoms with Crippen LogP contribution in [0.25, 0.3) is 0 Å². The number of nitrogens with one attached hydrogen (secondary N) is 1. The van der Waals surface area contributed by atoms with Gasteiger partial charge in [-0.2, -0.15) is 0 Å². The van der Waals surface area contributed by atoms with Gasteiger partial charge in [-0.1, -0.05) is 20.4 Å². The van der Waals surface area contributed by atoms with Gasteiger partial charge < -0.3 is 5.32 Å².